The second-order valence-electron chi connectivity index (χ2n) is 10.6. The van der Waals surface area contributed by atoms with Gasteiger partial charge in [-0.1, -0.05) is 48.0 Å². The zero-order valence-electron chi connectivity index (χ0n) is 20.6. The number of nitrogens with zero attached hydrogens (tertiary/aromatic N) is 2. The number of amides is 2. The highest BCUT2D eigenvalue weighted by atomic mass is 16.6. The number of hydrogen-bond acceptors (Lipinski definition) is 6. The van der Waals surface area contributed by atoms with Crippen molar-refractivity contribution in [1.29, 1.82) is 0 Å². The number of Topliss-reactive ketones (excluding diaryl/α,β-unsaturated/α-hetero) is 1. The lowest BCUT2D eigenvalue weighted by atomic mass is 9.60. The Morgan fingerprint density at radius 1 is 0.974 bits per heavy atom. The van der Waals surface area contributed by atoms with Crippen LogP contribution < -0.4 is 10.6 Å². The van der Waals surface area contributed by atoms with E-state index in [1.165, 1.54) is 24.3 Å². The Balaban J connectivity index is 1.58. The number of aryl methyl sites for hydroxylation is 1. The van der Waals surface area contributed by atoms with Crippen LogP contribution in [-0.4, -0.2) is 40.0 Å². The third-order valence-electron chi connectivity index (χ3n) is 8.88. The van der Waals surface area contributed by atoms with Crippen LogP contribution in [0.15, 0.2) is 66.7 Å². The molecule has 3 aromatic carbocycles. The highest BCUT2D eigenvalue weighted by Crippen LogP contribution is 2.66. The summed E-state index contributed by atoms with van der Waals surface area (Å²) in [6.07, 6.45) is 1.41. The van der Waals surface area contributed by atoms with Crippen molar-refractivity contribution in [2.75, 3.05) is 17.2 Å². The van der Waals surface area contributed by atoms with Gasteiger partial charge in [-0.2, -0.15) is 0 Å². The number of rotatable bonds is 3. The second kappa shape index (κ2) is 7.58. The number of nitro benzene ring substituents is 1. The summed E-state index contributed by atoms with van der Waals surface area (Å²) in [5, 5.41) is 17.6. The summed E-state index contributed by atoms with van der Waals surface area (Å²) in [6.45, 7) is 2.47. The Morgan fingerprint density at radius 3 is 2.55 bits per heavy atom. The molecule has 4 aliphatic rings. The van der Waals surface area contributed by atoms with Crippen molar-refractivity contribution in [2.45, 2.75) is 36.8 Å². The minimum absolute atomic E-state index is 0.107. The van der Waals surface area contributed by atoms with Crippen LogP contribution in [0.4, 0.5) is 17.1 Å². The number of nitrogens with one attached hydrogen (secondary N) is 2. The van der Waals surface area contributed by atoms with E-state index in [1.54, 1.807) is 0 Å². The molecule has 4 aliphatic heterocycles. The van der Waals surface area contributed by atoms with Gasteiger partial charge in [0.15, 0.2) is 5.78 Å². The van der Waals surface area contributed by atoms with Gasteiger partial charge < -0.3 is 10.6 Å². The van der Waals surface area contributed by atoms with E-state index < -0.39 is 33.6 Å². The van der Waals surface area contributed by atoms with Gasteiger partial charge in [-0.15, -0.1) is 0 Å². The third-order valence-corrected chi connectivity index (χ3v) is 8.88. The molecule has 9 nitrogen and oxygen atoms in total. The lowest BCUT2D eigenvalue weighted by Crippen LogP contribution is -2.55. The molecule has 2 N–H and O–H groups in total. The molecule has 0 aromatic heterocycles. The van der Waals surface area contributed by atoms with Gasteiger partial charge in [0, 0.05) is 40.7 Å². The fourth-order valence-electron chi connectivity index (χ4n) is 7.60. The fourth-order valence-corrected chi connectivity index (χ4v) is 7.60. The number of carbonyl (C=O) groups is 3. The molecule has 9 heteroatoms. The van der Waals surface area contributed by atoms with Gasteiger partial charge in [-0.25, -0.2) is 0 Å². The summed E-state index contributed by atoms with van der Waals surface area (Å²) in [4.78, 5) is 56.3. The molecule has 2 fully saturated rings. The number of carbonyl (C=O) groups excluding carboxylic acids is 3. The molecule has 2 amide bonds. The molecule has 190 valence electrons. The van der Waals surface area contributed by atoms with Crippen LogP contribution >= 0.6 is 0 Å². The van der Waals surface area contributed by atoms with E-state index in [1.807, 2.05) is 49.4 Å². The van der Waals surface area contributed by atoms with Crippen molar-refractivity contribution in [2.24, 2.45) is 5.92 Å². The average molecular weight is 509 g/mol. The lowest BCUT2D eigenvalue weighted by Gasteiger charge is -2.38. The first-order valence-corrected chi connectivity index (χ1v) is 12.7. The quantitative estimate of drug-likeness (QED) is 0.314. The Morgan fingerprint density at radius 2 is 1.74 bits per heavy atom. The lowest BCUT2D eigenvalue weighted by molar-refractivity contribution is -0.384. The molecule has 3 aromatic rings. The zero-order valence-corrected chi connectivity index (χ0v) is 20.6. The van der Waals surface area contributed by atoms with Gasteiger partial charge in [0.2, 0.25) is 11.8 Å². The van der Waals surface area contributed by atoms with Crippen molar-refractivity contribution in [3.8, 4) is 0 Å². The van der Waals surface area contributed by atoms with Crippen molar-refractivity contribution < 1.29 is 19.3 Å². The first kappa shape index (κ1) is 22.8. The molecule has 4 atom stereocenters. The summed E-state index contributed by atoms with van der Waals surface area (Å²) in [6, 6.07) is 18.2. The molecule has 0 radical (unpaired) electrons. The molecular weight excluding hydrogens is 484 g/mol. The standard InChI is InChI=1S/C29H24N4O5/c1-16-11-12-22-20(14-16)29(27(36)31-22)25(24(34)17-6-4-7-18(15-17)33(37)38)28(23-10-5-13-32(23)29)19-8-2-3-9-21(19)30-26(28)35/h2-4,6-9,11-12,14-15,23,25H,5,10,13H2,1H3,(H,30,35)(H,31,36)/t23-,25+,28-,29+/m0/s1. The van der Waals surface area contributed by atoms with E-state index >= 15 is 0 Å². The molecule has 0 aliphatic carbocycles. The minimum Gasteiger partial charge on any atom is -0.325 e. The number of fused-ring (bicyclic) bond motifs is 7. The molecule has 2 spiro atoms. The van der Waals surface area contributed by atoms with E-state index in [9.17, 15) is 24.5 Å². The highest BCUT2D eigenvalue weighted by Gasteiger charge is 2.78. The summed E-state index contributed by atoms with van der Waals surface area (Å²) < 4.78 is 0. The van der Waals surface area contributed by atoms with E-state index in [0.717, 1.165) is 12.0 Å². The number of para-hydroxylation sites is 1. The largest absolute Gasteiger partial charge is 0.325 e. The van der Waals surface area contributed by atoms with Gasteiger partial charge in [-0.3, -0.25) is 29.4 Å². The number of nitro groups is 1. The summed E-state index contributed by atoms with van der Waals surface area (Å²) in [5.41, 5.74) is 0.623. The normalized spacial score (nSPS) is 28.8. The minimum atomic E-state index is -1.45. The molecule has 4 heterocycles. The van der Waals surface area contributed by atoms with Crippen molar-refractivity contribution in [3.05, 3.63) is 99.1 Å². The molecule has 0 unspecified atom stereocenters. The predicted octanol–water partition coefficient (Wildman–Crippen LogP) is 3.92. The Kier molecular flexibility index (Phi) is 4.55. The van der Waals surface area contributed by atoms with Crippen molar-refractivity contribution in [3.63, 3.8) is 0 Å². The van der Waals surface area contributed by atoms with Crippen LogP contribution in [0.5, 0.6) is 0 Å². The summed E-state index contributed by atoms with van der Waals surface area (Å²) in [5.74, 6) is -2.26. The van der Waals surface area contributed by atoms with Crippen LogP contribution in [0.2, 0.25) is 0 Å². The molecule has 7 rings (SSSR count). The van der Waals surface area contributed by atoms with Crippen molar-refractivity contribution >= 4 is 34.7 Å². The SMILES string of the molecule is Cc1ccc2c(c1)[C@]1(C(=O)N2)[C@H](C(=O)c2cccc([N+](=O)[O-])c2)[C@@]2(C(=O)Nc3ccccc32)[C@@H]2CCCN21. The fraction of sp³-hybridized carbons (Fsp3) is 0.276. The first-order valence-electron chi connectivity index (χ1n) is 12.7. The number of ketones is 1. The van der Waals surface area contributed by atoms with Crippen LogP contribution in [-0.2, 0) is 20.5 Å². The number of non-ortho nitro benzene ring substituents is 1. The van der Waals surface area contributed by atoms with Crippen LogP contribution in [0, 0.1) is 23.0 Å². The molecule has 2 saturated heterocycles. The van der Waals surface area contributed by atoms with Crippen LogP contribution in [0.25, 0.3) is 0 Å². The monoisotopic (exact) mass is 508 g/mol. The molecule has 0 saturated carbocycles. The molecular formula is C29H24N4O5. The summed E-state index contributed by atoms with van der Waals surface area (Å²) in [7, 11) is 0. The molecule has 38 heavy (non-hydrogen) atoms. The van der Waals surface area contributed by atoms with Crippen molar-refractivity contribution in [1.82, 2.24) is 4.90 Å². The van der Waals surface area contributed by atoms with Crippen LogP contribution in [0.3, 0.4) is 0 Å². The number of anilines is 2. The number of hydrogen-bond donors (Lipinski definition) is 2. The maximum absolute atomic E-state index is 14.8. The number of benzene rings is 3. The summed E-state index contributed by atoms with van der Waals surface area (Å²) >= 11 is 0. The van der Waals surface area contributed by atoms with E-state index in [4.69, 9.17) is 0 Å². The van der Waals surface area contributed by atoms with Gasteiger partial charge in [0.25, 0.3) is 5.69 Å². The highest BCUT2D eigenvalue weighted by molar-refractivity contribution is 6.18. The smallest absolute Gasteiger partial charge is 0.270 e. The van der Waals surface area contributed by atoms with Gasteiger partial charge in [0.1, 0.15) is 11.0 Å². The zero-order chi connectivity index (χ0) is 26.4. The topological polar surface area (TPSA) is 122 Å². The van der Waals surface area contributed by atoms with E-state index in [2.05, 4.69) is 15.5 Å². The van der Waals surface area contributed by atoms with Gasteiger partial charge in [0.05, 0.1) is 10.8 Å². The van der Waals surface area contributed by atoms with E-state index in [0.29, 0.717) is 35.5 Å². The Bertz CT molecular complexity index is 1600. The van der Waals surface area contributed by atoms with Gasteiger partial charge >= 0.3 is 0 Å². The predicted molar refractivity (Wildman–Crippen MR) is 139 cm³/mol. The first-order chi connectivity index (χ1) is 18.3. The second-order valence-corrected chi connectivity index (χ2v) is 10.6. The molecule has 0 bridgehead atoms. The van der Waals surface area contributed by atoms with Gasteiger partial charge in [-0.05, 0) is 44.0 Å². The van der Waals surface area contributed by atoms with E-state index in [-0.39, 0.29) is 23.1 Å². The Hall–Kier alpha value is -4.37. The maximum Gasteiger partial charge on any atom is 0.270 e. The maximum atomic E-state index is 14.8. The average Bonchev–Trinajstić information content (AvgIpc) is 3.63. The Labute approximate surface area is 218 Å². The van der Waals surface area contributed by atoms with Crippen LogP contribution in [0.1, 0.15) is 39.9 Å². The third kappa shape index (κ3) is 2.56.